The van der Waals surface area contributed by atoms with Crippen molar-refractivity contribution in [2.24, 2.45) is 0 Å². The van der Waals surface area contributed by atoms with E-state index in [2.05, 4.69) is 15.6 Å². The van der Waals surface area contributed by atoms with E-state index in [0.717, 1.165) is 0 Å². The molecular weight excluding hydrogens is 490 g/mol. The van der Waals surface area contributed by atoms with Gasteiger partial charge in [-0.05, 0) is 68.1 Å². The fourth-order valence-electron chi connectivity index (χ4n) is 3.86. The molecule has 2 amide bonds. The lowest BCUT2D eigenvalue weighted by Crippen LogP contribution is -2.50. The number of hydrogen-bond donors (Lipinski definition) is 1. The van der Waals surface area contributed by atoms with E-state index in [-0.39, 0.29) is 18.4 Å². The number of nitrogens with zero attached hydrogens (tertiary/aromatic N) is 4. The van der Waals surface area contributed by atoms with E-state index in [0.29, 0.717) is 33.6 Å². The summed E-state index contributed by atoms with van der Waals surface area (Å²) in [6.45, 7) is 5.74. The van der Waals surface area contributed by atoms with Crippen LogP contribution in [0.25, 0.3) is 11.0 Å². The number of carbonyl (C=O) groups excluding carboxylic acids is 3. The summed E-state index contributed by atoms with van der Waals surface area (Å²) >= 11 is 1.39. The van der Waals surface area contributed by atoms with Gasteiger partial charge in [-0.25, -0.2) is 9.48 Å². The van der Waals surface area contributed by atoms with Crippen molar-refractivity contribution in [3.05, 3.63) is 76.5 Å². The van der Waals surface area contributed by atoms with Crippen LogP contribution in [-0.2, 0) is 20.9 Å². The molecule has 2 aromatic carbocycles. The number of fused-ring (bicyclic) bond motifs is 1. The van der Waals surface area contributed by atoms with Crippen LogP contribution in [-0.4, -0.2) is 45.4 Å². The molecule has 0 aliphatic carbocycles. The van der Waals surface area contributed by atoms with Gasteiger partial charge in [0.25, 0.3) is 0 Å². The maximum atomic E-state index is 14.0. The van der Waals surface area contributed by atoms with Crippen molar-refractivity contribution in [3.63, 3.8) is 0 Å². The summed E-state index contributed by atoms with van der Waals surface area (Å²) in [6, 6.07) is 16.5. The van der Waals surface area contributed by atoms with Gasteiger partial charge in [-0.3, -0.25) is 14.5 Å². The minimum atomic E-state index is -0.933. The number of benzene rings is 2. The van der Waals surface area contributed by atoms with Crippen LogP contribution in [0.1, 0.15) is 48.5 Å². The highest BCUT2D eigenvalue weighted by molar-refractivity contribution is 7.10. The second kappa shape index (κ2) is 10.9. The molecule has 0 spiro atoms. The van der Waals surface area contributed by atoms with Gasteiger partial charge in [-0.1, -0.05) is 30.3 Å². The Labute approximate surface area is 219 Å². The topological polar surface area (TPSA) is 106 Å². The summed E-state index contributed by atoms with van der Waals surface area (Å²) < 4.78 is 6.33. The first-order chi connectivity index (χ1) is 17.7. The van der Waals surface area contributed by atoms with E-state index in [4.69, 9.17) is 4.74 Å². The number of amides is 2. The number of para-hydroxylation sites is 1. The van der Waals surface area contributed by atoms with Gasteiger partial charge in [0.15, 0.2) is 0 Å². The third-order valence-electron chi connectivity index (χ3n) is 6.21. The van der Waals surface area contributed by atoms with Crippen LogP contribution in [0, 0.1) is 0 Å². The molecule has 0 unspecified atom stereocenters. The maximum Gasteiger partial charge on any atom is 0.337 e. The Balaban J connectivity index is 1.79. The lowest BCUT2D eigenvalue weighted by Gasteiger charge is -2.34. The zero-order valence-corrected chi connectivity index (χ0v) is 22.0. The fourth-order valence-corrected chi connectivity index (χ4v) is 4.68. The Morgan fingerprint density at radius 2 is 1.81 bits per heavy atom. The molecule has 0 aliphatic heterocycles. The van der Waals surface area contributed by atoms with Gasteiger partial charge in [-0.2, -0.15) is 0 Å². The maximum absolute atomic E-state index is 14.0. The Hall–Kier alpha value is -4.05. The number of aromatic nitrogens is 3. The van der Waals surface area contributed by atoms with Gasteiger partial charge in [0.05, 0.1) is 18.2 Å². The van der Waals surface area contributed by atoms with Crippen LogP contribution in [0.3, 0.4) is 0 Å². The monoisotopic (exact) mass is 519 g/mol. The standard InChI is InChI=1S/C27H29N5O4S/c1-5-27(2,3)28-25(34)24(22-11-8-16-37-22)32(19-14-12-18(13-15-19)26(35)36-4)23(33)17-31-21-10-7-6-9-20(21)29-30-31/h6-16,24H,5,17H2,1-4H3,(H,28,34)/t24-/m0/s1. The largest absolute Gasteiger partial charge is 0.465 e. The first-order valence-corrected chi connectivity index (χ1v) is 12.8. The van der Waals surface area contributed by atoms with Gasteiger partial charge < -0.3 is 10.1 Å². The molecule has 4 aromatic rings. The molecule has 9 nitrogen and oxygen atoms in total. The molecule has 0 fully saturated rings. The molecule has 0 radical (unpaired) electrons. The molecule has 1 N–H and O–H groups in total. The van der Waals surface area contributed by atoms with E-state index in [1.165, 1.54) is 28.0 Å². The number of nitrogens with one attached hydrogen (secondary N) is 1. The molecule has 1 atom stereocenters. The van der Waals surface area contributed by atoms with Crippen molar-refractivity contribution in [2.75, 3.05) is 12.0 Å². The summed E-state index contributed by atoms with van der Waals surface area (Å²) in [4.78, 5) is 41.9. The van der Waals surface area contributed by atoms with Crippen LogP contribution in [0.2, 0.25) is 0 Å². The first-order valence-electron chi connectivity index (χ1n) is 11.9. The Bertz CT molecular complexity index is 1400. The molecule has 2 aromatic heterocycles. The Morgan fingerprint density at radius 3 is 2.46 bits per heavy atom. The molecule has 0 saturated heterocycles. The molecule has 2 heterocycles. The normalized spacial score (nSPS) is 12.2. The van der Waals surface area contributed by atoms with E-state index in [1.54, 1.807) is 24.3 Å². The third-order valence-corrected chi connectivity index (χ3v) is 7.13. The summed E-state index contributed by atoms with van der Waals surface area (Å²) in [5.74, 6) is -1.15. The van der Waals surface area contributed by atoms with Gasteiger partial charge in [0, 0.05) is 16.1 Å². The second-order valence-electron chi connectivity index (χ2n) is 9.18. The average molecular weight is 520 g/mol. The number of esters is 1. The lowest BCUT2D eigenvalue weighted by atomic mass is 10.0. The molecule has 0 bridgehead atoms. The zero-order valence-electron chi connectivity index (χ0n) is 21.2. The summed E-state index contributed by atoms with van der Waals surface area (Å²) in [5, 5.41) is 13.3. The van der Waals surface area contributed by atoms with E-state index >= 15 is 0 Å². The predicted molar refractivity (Wildman–Crippen MR) is 142 cm³/mol. The number of anilines is 1. The molecule has 192 valence electrons. The molecule has 0 saturated carbocycles. The van der Waals surface area contributed by atoms with Crippen molar-refractivity contribution in [1.29, 1.82) is 0 Å². The molecule has 4 rings (SSSR count). The van der Waals surface area contributed by atoms with E-state index in [1.807, 2.05) is 62.5 Å². The minimum Gasteiger partial charge on any atom is -0.465 e. The van der Waals surface area contributed by atoms with Gasteiger partial charge >= 0.3 is 5.97 Å². The van der Waals surface area contributed by atoms with Crippen LogP contribution >= 0.6 is 11.3 Å². The SMILES string of the molecule is CCC(C)(C)NC(=O)[C@H](c1cccs1)N(C(=O)Cn1nnc2ccccc21)c1ccc(C(=O)OC)cc1. The minimum absolute atomic E-state index is 0.133. The van der Waals surface area contributed by atoms with Crippen molar-refractivity contribution in [1.82, 2.24) is 20.3 Å². The molecule has 37 heavy (non-hydrogen) atoms. The van der Waals surface area contributed by atoms with Gasteiger partial charge in [0.1, 0.15) is 18.1 Å². The van der Waals surface area contributed by atoms with E-state index < -0.39 is 17.6 Å². The number of hydrogen-bond acceptors (Lipinski definition) is 7. The van der Waals surface area contributed by atoms with Crippen LogP contribution < -0.4 is 10.2 Å². The molecular formula is C27H29N5O4S. The van der Waals surface area contributed by atoms with Crippen LogP contribution in [0.5, 0.6) is 0 Å². The number of ether oxygens (including phenoxy) is 1. The van der Waals surface area contributed by atoms with Gasteiger partial charge in [-0.15, -0.1) is 16.4 Å². The molecule has 10 heteroatoms. The Morgan fingerprint density at radius 1 is 1.08 bits per heavy atom. The zero-order chi connectivity index (χ0) is 26.6. The lowest BCUT2D eigenvalue weighted by molar-refractivity contribution is -0.128. The Kier molecular flexibility index (Phi) is 7.68. The predicted octanol–water partition coefficient (Wildman–Crippen LogP) is 4.36. The summed E-state index contributed by atoms with van der Waals surface area (Å²) in [7, 11) is 1.31. The number of carbonyl (C=O) groups is 3. The fraction of sp³-hybridized carbons (Fsp3) is 0.296. The first kappa shape index (κ1) is 26.0. The van der Waals surface area contributed by atoms with Crippen LogP contribution in [0.4, 0.5) is 5.69 Å². The number of rotatable bonds is 9. The van der Waals surface area contributed by atoms with Crippen molar-refractivity contribution in [3.8, 4) is 0 Å². The van der Waals surface area contributed by atoms with Crippen molar-refractivity contribution < 1.29 is 19.1 Å². The van der Waals surface area contributed by atoms with Gasteiger partial charge in [0.2, 0.25) is 11.8 Å². The van der Waals surface area contributed by atoms with Crippen LogP contribution in [0.15, 0.2) is 66.0 Å². The second-order valence-corrected chi connectivity index (χ2v) is 10.2. The highest BCUT2D eigenvalue weighted by Gasteiger charge is 2.36. The van der Waals surface area contributed by atoms with Crippen molar-refractivity contribution in [2.45, 2.75) is 45.3 Å². The summed E-state index contributed by atoms with van der Waals surface area (Å²) in [5.41, 5.74) is 1.70. The number of methoxy groups -OCH3 is 1. The molecule has 0 aliphatic rings. The number of thiophene rings is 1. The van der Waals surface area contributed by atoms with E-state index in [9.17, 15) is 14.4 Å². The third kappa shape index (κ3) is 5.69. The van der Waals surface area contributed by atoms with Crippen molar-refractivity contribution >= 4 is 45.8 Å². The smallest absolute Gasteiger partial charge is 0.337 e. The average Bonchev–Trinajstić information content (AvgIpc) is 3.57. The highest BCUT2D eigenvalue weighted by Crippen LogP contribution is 2.32. The summed E-state index contributed by atoms with van der Waals surface area (Å²) in [6.07, 6.45) is 0.711. The highest BCUT2D eigenvalue weighted by atomic mass is 32.1. The quantitative estimate of drug-likeness (QED) is 0.330.